The molecule has 8 nitrogen and oxygen atoms in total. The van der Waals surface area contributed by atoms with Gasteiger partial charge >= 0.3 is 6.01 Å². The average molecular weight is 473 g/mol. The van der Waals surface area contributed by atoms with Gasteiger partial charge in [0.15, 0.2) is 0 Å². The van der Waals surface area contributed by atoms with Crippen LogP contribution in [0.4, 0.5) is 6.01 Å². The number of rotatable bonds is 6. The van der Waals surface area contributed by atoms with Crippen LogP contribution in [0.1, 0.15) is 36.5 Å². The van der Waals surface area contributed by atoms with Crippen LogP contribution >= 0.6 is 11.8 Å². The first-order chi connectivity index (χ1) is 15.4. The molecule has 1 fully saturated rings. The molecule has 1 aliphatic heterocycles. The maximum absolute atomic E-state index is 12.9. The Morgan fingerprint density at radius 2 is 1.94 bits per heavy atom. The number of hydrogen-bond acceptors (Lipinski definition) is 7. The largest absolute Gasteiger partial charge is 0.403 e. The lowest BCUT2D eigenvalue weighted by atomic mass is 10.1. The summed E-state index contributed by atoms with van der Waals surface area (Å²) >= 11 is 1.60. The first-order valence-electron chi connectivity index (χ1n) is 10.3. The SMILES string of the molecule is CSc1cccc(-c2nnc(NC(=O)c3ccc(S(=O)(=O)N4CCCCC4C)cc3)o2)c1. The molecule has 3 aromatic rings. The Morgan fingerprint density at radius 3 is 2.66 bits per heavy atom. The molecule has 32 heavy (non-hydrogen) atoms. The number of carbonyl (C=O) groups is 1. The number of benzene rings is 2. The minimum atomic E-state index is -3.59. The summed E-state index contributed by atoms with van der Waals surface area (Å²) in [7, 11) is -3.59. The molecule has 0 aliphatic carbocycles. The topological polar surface area (TPSA) is 105 Å². The number of sulfonamides is 1. The molecule has 168 valence electrons. The summed E-state index contributed by atoms with van der Waals surface area (Å²) in [6.45, 7) is 2.44. The van der Waals surface area contributed by atoms with Gasteiger partial charge in [0.2, 0.25) is 15.9 Å². The second kappa shape index (κ2) is 9.43. The Hall–Kier alpha value is -2.69. The second-order valence-electron chi connectivity index (χ2n) is 7.58. The summed E-state index contributed by atoms with van der Waals surface area (Å²) in [6.07, 6.45) is 4.72. The first kappa shape index (κ1) is 22.5. The van der Waals surface area contributed by atoms with Gasteiger partial charge in [0, 0.05) is 28.6 Å². The number of hydrogen-bond donors (Lipinski definition) is 1. The van der Waals surface area contributed by atoms with Gasteiger partial charge in [-0.15, -0.1) is 16.9 Å². The highest BCUT2D eigenvalue weighted by Gasteiger charge is 2.31. The van der Waals surface area contributed by atoms with Crippen molar-refractivity contribution in [2.45, 2.75) is 42.0 Å². The van der Waals surface area contributed by atoms with Crippen LogP contribution in [0.3, 0.4) is 0 Å². The van der Waals surface area contributed by atoms with Gasteiger partial charge in [0.05, 0.1) is 4.90 Å². The number of piperidine rings is 1. The zero-order valence-corrected chi connectivity index (χ0v) is 19.4. The van der Waals surface area contributed by atoms with Crippen LogP contribution in [-0.4, -0.2) is 47.7 Å². The van der Waals surface area contributed by atoms with E-state index in [1.165, 1.54) is 28.6 Å². The van der Waals surface area contributed by atoms with E-state index >= 15 is 0 Å². The molecule has 2 aromatic carbocycles. The molecule has 0 radical (unpaired) electrons. The Bertz CT molecular complexity index is 1210. The fourth-order valence-corrected chi connectivity index (χ4v) is 5.82. The van der Waals surface area contributed by atoms with Crippen LogP contribution in [0, 0.1) is 0 Å². The van der Waals surface area contributed by atoms with Crippen LogP contribution in [0.5, 0.6) is 0 Å². The Balaban J connectivity index is 1.46. The standard InChI is InChI=1S/C22H24N4O4S2/c1-15-6-3-4-13-26(15)32(28,29)19-11-9-16(10-12-19)20(27)23-22-25-24-21(30-22)17-7-5-8-18(14-17)31-2/h5,7-12,14-15H,3-4,6,13H2,1-2H3,(H,23,25,27). The Morgan fingerprint density at radius 1 is 1.16 bits per heavy atom. The van der Waals surface area contributed by atoms with Crippen molar-refractivity contribution < 1.29 is 17.6 Å². The van der Waals surface area contributed by atoms with Crippen LogP contribution in [0.2, 0.25) is 0 Å². The minimum absolute atomic E-state index is 0.0277. The quantitative estimate of drug-likeness (QED) is 0.534. The number of nitrogens with one attached hydrogen (secondary N) is 1. The zero-order valence-electron chi connectivity index (χ0n) is 17.8. The summed E-state index contributed by atoms with van der Waals surface area (Å²) < 4.78 is 33.0. The number of anilines is 1. The molecular formula is C22H24N4O4S2. The Labute approximate surface area is 191 Å². The smallest absolute Gasteiger partial charge is 0.322 e. The molecule has 1 aliphatic rings. The molecule has 0 spiro atoms. The van der Waals surface area contributed by atoms with Gasteiger partial charge in [-0.3, -0.25) is 10.1 Å². The number of amides is 1. The van der Waals surface area contributed by atoms with Crippen molar-refractivity contribution in [1.82, 2.24) is 14.5 Å². The van der Waals surface area contributed by atoms with Crippen LogP contribution in [-0.2, 0) is 10.0 Å². The van der Waals surface area contributed by atoms with Gasteiger partial charge < -0.3 is 4.42 Å². The monoisotopic (exact) mass is 472 g/mol. The van der Waals surface area contributed by atoms with Crippen LogP contribution in [0.15, 0.2) is 62.7 Å². The van der Waals surface area contributed by atoms with Crippen LogP contribution in [0.25, 0.3) is 11.5 Å². The van der Waals surface area contributed by atoms with E-state index in [1.54, 1.807) is 11.8 Å². The Kier molecular flexibility index (Phi) is 6.63. The molecule has 10 heteroatoms. The maximum Gasteiger partial charge on any atom is 0.322 e. The third-order valence-corrected chi connectivity index (χ3v) is 8.18. The van der Waals surface area contributed by atoms with Crippen molar-refractivity contribution in [3.8, 4) is 11.5 Å². The van der Waals surface area contributed by atoms with Crippen molar-refractivity contribution in [1.29, 1.82) is 0 Å². The van der Waals surface area contributed by atoms with Crippen molar-refractivity contribution in [2.24, 2.45) is 0 Å². The summed E-state index contributed by atoms with van der Waals surface area (Å²) in [5, 5.41) is 10.4. The van der Waals surface area contributed by atoms with Gasteiger partial charge in [-0.05, 0) is 68.5 Å². The second-order valence-corrected chi connectivity index (χ2v) is 10.4. The highest BCUT2D eigenvalue weighted by atomic mass is 32.2. The van der Waals surface area contributed by atoms with Gasteiger partial charge in [-0.2, -0.15) is 4.31 Å². The number of carbonyl (C=O) groups excluding carboxylic acids is 1. The van der Waals surface area contributed by atoms with Gasteiger partial charge in [-0.1, -0.05) is 17.6 Å². The van der Waals surface area contributed by atoms with Crippen molar-refractivity contribution in [2.75, 3.05) is 18.1 Å². The van der Waals surface area contributed by atoms with Crippen LogP contribution < -0.4 is 5.32 Å². The first-order valence-corrected chi connectivity index (χ1v) is 13.0. The summed E-state index contributed by atoms with van der Waals surface area (Å²) in [5.74, 6) is -0.165. The molecular weight excluding hydrogens is 448 g/mol. The number of thioether (sulfide) groups is 1. The lowest BCUT2D eigenvalue weighted by molar-refractivity contribution is 0.102. The molecule has 1 aromatic heterocycles. The number of nitrogens with zero attached hydrogens (tertiary/aromatic N) is 3. The van der Waals surface area contributed by atoms with E-state index in [9.17, 15) is 13.2 Å². The zero-order chi connectivity index (χ0) is 22.7. The summed E-state index contributed by atoms with van der Waals surface area (Å²) in [4.78, 5) is 13.8. The third-order valence-electron chi connectivity index (χ3n) is 5.43. The third kappa shape index (κ3) is 4.72. The van der Waals surface area contributed by atoms with E-state index in [4.69, 9.17) is 4.42 Å². The molecule has 0 bridgehead atoms. The summed E-state index contributed by atoms with van der Waals surface area (Å²) in [5.41, 5.74) is 1.05. The highest BCUT2D eigenvalue weighted by Crippen LogP contribution is 2.26. The lowest BCUT2D eigenvalue weighted by Crippen LogP contribution is -2.41. The molecule has 1 atom stereocenters. The molecule has 1 saturated heterocycles. The molecule has 1 N–H and O–H groups in total. The normalized spacial score (nSPS) is 17.2. The average Bonchev–Trinajstić information content (AvgIpc) is 3.28. The van der Waals surface area contributed by atoms with E-state index in [1.807, 2.05) is 37.4 Å². The minimum Gasteiger partial charge on any atom is -0.403 e. The van der Waals surface area contributed by atoms with Crippen molar-refractivity contribution in [3.05, 3.63) is 54.1 Å². The highest BCUT2D eigenvalue weighted by molar-refractivity contribution is 7.98. The van der Waals surface area contributed by atoms with Crippen molar-refractivity contribution in [3.63, 3.8) is 0 Å². The molecule has 1 unspecified atom stereocenters. The van der Waals surface area contributed by atoms with Gasteiger partial charge in [0.1, 0.15) is 0 Å². The molecule has 4 rings (SSSR count). The molecule has 2 heterocycles. The predicted octanol–water partition coefficient (Wildman–Crippen LogP) is 4.27. The van der Waals surface area contributed by atoms with E-state index in [-0.39, 0.29) is 17.0 Å². The van der Waals surface area contributed by atoms with E-state index in [0.717, 1.165) is 29.7 Å². The van der Waals surface area contributed by atoms with Gasteiger partial charge in [0.25, 0.3) is 5.91 Å². The predicted molar refractivity (Wildman–Crippen MR) is 123 cm³/mol. The number of aromatic nitrogens is 2. The van der Waals surface area contributed by atoms with Crippen molar-refractivity contribution >= 4 is 33.7 Å². The maximum atomic E-state index is 12.9. The fourth-order valence-electron chi connectivity index (χ4n) is 3.66. The van der Waals surface area contributed by atoms with Gasteiger partial charge in [-0.25, -0.2) is 8.42 Å². The molecule has 1 amide bonds. The molecule has 0 saturated carbocycles. The van der Waals surface area contributed by atoms with E-state index in [2.05, 4.69) is 15.5 Å². The van der Waals surface area contributed by atoms with E-state index in [0.29, 0.717) is 18.0 Å². The van der Waals surface area contributed by atoms with E-state index < -0.39 is 15.9 Å². The fraction of sp³-hybridized carbons (Fsp3) is 0.318. The summed E-state index contributed by atoms with van der Waals surface area (Å²) in [6, 6.07) is 13.5. The lowest BCUT2D eigenvalue weighted by Gasteiger charge is -2.32.